The normalized spacial score (nSPS) is 12.6. The average molecular weight is 417 g/mol. The van der Waals surface area contributed by atoms with Crippen molar-refractivity contribution in [1.82, 2.24) is 0 Å². The number of benzene rings is 1. The molecule has 0 spiro atoms. The van der Waals surface area contributed by atoms with Crippen LogP contribution in [0.1, 0.15) is 64.0 Å². The molecule has 29 heavy (non-hydrogen) atoms. The van der Waals surface area contributed by atoms with Crippen LogP contribution in [-0.2, 0) is 16.1 Å². The van der Waals surface area contributed by atoms with Gasteiger partial charge in [-0.05, 0) is 30.2 Å². The zero-order valence-corrected chi connectivity index (χ0v) is 19.6. The van der Waals surface area contributed by atoms with Crippen LogP contribution in [0.5, 0.6) is 5.75 Å². The Labute approximate surface area is 176 Å². The fourth-order valence-electron chi connectivity index (χ4n) is 3.92. The predicted molar refractivity (Wildman–Crippen MR) is 121 cm³/mol. The molecule has 1 aromatic carbocycles. The minimum Gasteiger partial charge on any atom is -0.497 e. The van der Waals surface area contributed by atoms with Gasteiger partial charge >= 0.3 is 5.97 Å². The number of carbonyl (C=O) groups excluding carboxylic acids is 1. The third-order valence-corrected chi connectivity index (χ3v) is 11.6. The zero-order chi connectivity index (χ0) is 21.3. The molecular weight excluding hydrogens is 380 g/mol. The Morgan fingerprint density at radius 2 is 1.72 bits per heavy atom. The molecule has 1 unspecified atom stereocenters. The maximum absolute atomic E-state index is 12.9. The molecule has 1 heterocycles. The van der Waals surface area contributed by atoms with Crippen LogP contribution in [-0.4, -0.2) is 21.2 Å². The zero-order valence-electron chi connectivity index (χ0n) is 18.6. The van der Waals surface area contributed by atoms with Gasteiger partial charge in [0.25, 0.3) is 0 Å². The van der Waals surface area contributed by atoms with Crippen LogP contribution in [0.15, 0.2) is 41.0 Å². The first kappa shape index (κ1) is 23.3. The predicted octanol–water partition coefficient (Wildman–Crippen LogP) is 6.02. The van der Waals surface area contributed by atoms with Crippen molar-refractivity contribution >= 4 is 19.4 Å². The number of ether oxygens (including phenoxy) is 2. The van der Waals surface area contributed by atoms with Gasteiger partial charge in [-0.15, -0.1) is 0 Å². The molecular formula is C24H36O4Si. The van der Waals surface area contributed by atoms with E-state index in [1.54, 1.807) is 13.4 Å². The summed E-state index contributed by atoms with van der Waals surface area (Å²) in [6, 6.07) is 13.3. The summed E-state index contributed by atoms with van der Waals surface area (Å²) in [5.41, 5.74) is 1.93. The highest BCUT2D eigenvalue weighted by atomic mass is 28.3. The molecule has 4 nitrogen and oxygen atoms in total. The van der Waals surface area contributed by atoms with Crippen molar-refractivity contribution in [3.05, 3.63) is 47.7 Å². The molecule has 0 bridgehead atoms. The van der Waals surface area contributed by atoms with E-state index in [9.17, 15) is 4.79 Å². The number of furan rings is 1. The van der Waals surface area contributed by atoms with Crippen molar-refractivity contribution in [2.45, 2.75) is 77.6 Å². The molecule has 5 heteroatoms. The molecule has 0 aliphatic carbocycles. The molecule has 0 saturated heterocycles. The van der Waals surface area contributed by atoms with E-state index in [-0.39, 0.29) is 18.5 Å². The van der Waals surface area contributed by atoms with Crippen LogP contribution < -0.4 is 10.1 Å². The summed E-state index contributed by atoms with van der Waals surface area (Å²) in [5.74, 6) is 0.372. The Hall–Kier alpha value is -2.01. The smallest absolute Gasteiger partial charge is 0.313 e. The number of hydrogen-bond acceptors (Lipinski definition) is 4. The fourth-order valence-corrected chi connectivity index (χ4v) is 7.27. The first-order valence-electron chi connectivity index (χ1n) is 10.9. The largest absolute Gasteiger partial charge is 0.497 e. The van der Waals surface area contributed by atoms with Crippen molar-refractivity contribution in [3.8, 4) is 5.75 Å². The molecule has 1 atom stereocenters. The lowest BCUT2D eigenvalue weighted by atomic mass is 9.93. The maximum Gasteiger partial charge on any atom is 0.313 e. The molecule has 0 aliphatic rings. The van der Waals surface area contributed by atoms with E-state index in [4.69, 9.17) is 13.9 Å². The first-order chi connectivity index (χ1) is 14.0. The molecule has 0 saturated carbocycles. The minimum absolute atomic E-state index is 0.170. The van der Waals surface area contributed by atoms with Gasteiger partial charge in [0.2, 0.25) is 0 Å². The SMILES string of the molecule is CCCCC(C(=O)OCc1coc([Si](CC)(CC)CC)c1)c1ccc(OC)cc1. The van der Waals surface area contributed by atoms with E-state index in [1.165, 1.54) is 18.1 Å². The second-order valence-corrected chi connectivity index (χ2v) is 12.9. The van der Waals surface area contributed by atoms with E-state index in [2.05, 4.69) is 33.8 Å². The highest BCUT2D eigenvalue weighted by molar-refractivity contribution is 6.90. The highest BCUT2D eigenvalue weighted by Crippen LogP contribution is 2.27. The first-order valence-corrected chi connectivity index (χ1v) is 13.5. The van der Waals surface area contributed by atoms with Gasteiger partial charge in [0.1, 0.15) is 20.4 Å². The summed E-state index contributed by atoms with van der Waals surface area (Å²) in [6.45, 7) is 9.18. The van der Waals surface area contributed by atoms with Crippen molar-refractivity contribution in [1.29, 1.82) is 0 Å². The molecule has 0 radical (unpaired) electrons. The Morgan fingerprint density at radius 3 is 2.28 bits per heavy atom. The van der Waals surface area contributed by atoms with E-state index >= 15 is 0 Å². The van der Waals surface area contributed by atoms with Crippen molar-refractivity contribution in [3.63, 3.8) is 0 Å². The van der Waals surface area contributed by atoms with Crippen molar-refractivity contribution in [2.75, 3.05) is 7.11 Å². The lowest BCUT2D eigenvalue weighted by Crippen LogP contribution is -2.44. The average Bonchev–Trinajstić information content (AvgIpc) is 3.24. The van der Waals surface area contributed by atoms with Gasteiger partial charge in [-0.3, -0.25) is 4.79 Å². The summed E-state index contributed by atoms with van der Waals surface area (Å²) in [5, 5.41) is 1.13. The van der Waals surface area contributed by atoms with Crippen LogP contribution in [0, 0.1) is 0 Å². The van der Waals surface area contributed by atoms with E-state index in [0.29, 0.717) is 0 Å². The second kappa shape index (κ2) is 11.2. The Morgan fingerprint density at radius 1 is 1.07 bits per heavy atom. The number of esters is 1. The van der Waals surface area contributed by atoms with Crippen LogP contribution in [0.2, 0.25) is 18.1 Å². The van der Waals surface area contributed by atoms with Gasteiger partial charge in [0.15, 0.2) is 0 Å². The maximum atomic E-state index is 12.9. The Kier molecular flexibility index (Phi) is 9.02. The number of methoxy groups -OCH3 is 1. The van der Waals surface area contributed by atoms with Gasteiger partial charge < -0.3 is 13.9 Å². The summed E-state index contributed by atoms with van der Waals surface area (Å²) in [4.78, 5) is 12.9. The van der Waals surface area contributed by atoms with Crippen LogP contribution in [0.4, 0.5) is 0 Å². The number of unbranched alkanes of at least 4 members (excludes halogenated alkanes) is 1. The summed E-state index contributed by atoms with van der Waals surface area (Å²) >= 11 is 0. The van der Waals surface area contributed by atoms with Crippen LogP contribution in [0.25, 0.3) is 0 Å². The molecule has 0 aliphatic heterocycles. The summed E-state index contributed by atoms with van der Waals surface area (Å²) in [7, 11) is 0.0940. The van der Waals surface area contributed by atoms with Gasteiger partial charge in [0.05, 0.1) is 24.7 Å². The molecule has 2 aromatic rings. The second-order valence-electron chi connectivity index (χ2n) is 7.74. The molecule has 160 valence electrons. The third-order valence-electron chi connectivity index (χ3n) is 6.24. The Balaban J connectivity index is 2.08. The quantitative estimate of drug-likeness (QED) is 0.313. The van der Waals surface area contributed by atoms with Crippen molar-refractivity contribution in [2.24, 2.45) is 0 Å². The monoisotopic (exact) mass is 416 g/mol. The van der Waals surface area contributed by atoms with Gasteiger partial charge in [-0.1, -0.05) is 70.8 Å². The molecule has 2 rings (SSSR count). The van der Waals surface area contributed by atoms with E-state index in [0.717, 1.165) is 41.5 Å². The van der Waals surface area contributed by atoms with E-state index in [1.807, 2.05) is 24.3 Å². The number of carbonyl (C=O) groups is 1. The molecule has 0 N–H and O–H groups in total. The number of rotatable bonds is 12. The van der Waals surface area contributed by atoms with Crippen molar-refractivity contribution < 1.29 is 18.7 Å². The van der Waals surface area contributed by atoms with Gasteiger partial charge in [-0.25, -0.2) is 0 Å². The minimum atomic E-state index is -1.55. The number of hydrogen-bond donors (Lipinski definition) is 0. The lowest BCUT2D eigenvalue weighted by molar-refractivity contribution is -0.147. The van der Waals surface area contributed by atoms with Crippen LogP contribution >= 0.6 is 0 Å². The summed E-state index contributed by atoms with van der Waals surface area (Å²) < 4.78 is 16.9. The molecule has 1 aromatic heterocycles. The highest BCUT2D eigenvalue weighted by Gasteiger charge is 2.33. The molecule has 0 amide bonds. The molecule has 0 fully saturated rings. The topological polar surface area (TPSA) is 48.7 Å². The lowest BCUT2D eigenvalue weighted by Gasteiger charge is -2.24. The standard InChI is InChI=1S/C24H36O4Si/c1-6-10-11-22(20-12-14-21(26-5)15-13-20)24(25)28-18-19-16-23(27-17-19)29(7-2,8-3)9-4/h12-17,22H,6-11,18H2,1-5H3. The Bertz CT molecular complexity index is 738. The van der Waals surface area contributed by atoms with Gasteiger partial charge in [-0.2, -0.15) is 0 Å². The fraction of sp³-hybridized carbons (Fsp3) is 0.542. The third kappa shape index (κ3) is 5.75. The van der Waals surface area contributed by atoms with Gasteiger partial charge in [0, 0.05) is 5.56 Å². The van der Waals surface area contributed by atoms with E-state index < -0.39 is 8.07 Å². The summed E-state index contributed by atoms with van der Waals surface area (Å²) in [6.07, 6.45) is 4.58. The van der Waals surface area contributed by atoms with Crippen LogP contribution in [0.3, 0.4) is 0 Å².